The highest BCUT2D eigenvalue weighted by molar-refractivity contribution is 7.89. The van der Waals surface area contributed by atoms with Crippen LogP contribution in [0.5, 0.6) is 17.2 Å². The molecule has 0 aliphatic rings. The molecule has 0 aliphatic carbocycles. The van der Waals surface area contributed by atoms with Crippen molar-refractivity contribution in [2.75, 3.05) is 34.4 Å². The zero-order valence-corrected chi connectivity index (χ0v) is 19.6. The number of ether oxygens (including phenoxy) is 3. The summed E-state index contributed by atoms with van der Waals surface area (Å²) in [7, 11) is 1.01. The Bertz CT molecular complexity index is 976. The molecule has 1 amide bonds. The van der Waals surface area contributed by atoms with E-state index in [1.54, 1.807) is 26.0 Å². The maximum absolute atomic E-state index is 12.7. The second-order valence-electron chi connectivity index (χ2n) is 6.77. The summed E-state index contributed by atoms with van der Waals surface area (Å²) < 4.78 is 42.6. The number of carbonyl (C=O) groups excluding carboxylic acids is 1. The van der Waals surface area contributed by atoms with E-state index in [1.165, 1.54) is 49.9 Å². The van der Waals surface area contributed by atoms with Crippen LogP contribution >= 0.6 is 0 Å². The molecule has 0 aliphatic heterocycles. The van der Waals surface area contributed by atoms with Gasteiger partial charge in [0.05, 0.1) is 32.3 Å². The molecule has 2 rings (SSSR count). The summed E-state index contributed by atoms with van der Waals surface area (Å²) in [6, 6.07) is 9.10. The van der Waals surface area contributed by atoms with Crippen molar-refractivity contribution < 1.29 is 27.4 Å². The molecule has 0 saturated heterocycles. The maximum Gasteiger partial charge on any atom is 0.251 e. The molecule has 8 nitrogen and oxygen atoms in total. The lowest BCUT2D eigenvalue weighted by Crippen LogP contribution is -2.30. The fourth-order valence-corrected chi connectivity index (χ4v) is 4.66. The Morgan fingerprint density at radius 1 is 0.968 bits per heavy atom. The fraction of sp³-hybridized carbons (Fsp3) is 0.409. The molecule has 0 aromatic heterocycles. The molecule has 0 fully saturated rings. The van der Waals surface area contributed by atoms with Crippen LogP contribution in [0, 0.1) is 0 Å². The highest BCUT2D eigenvalue weighted by Gasteiger charge is 2.22. The number of sulfonamides is 1. The van der Waals surface area contributed by atoms with Crippen LogP contribution in [0.2, 0.25) is 0 Å². The SMILES string of the molecule is CCN(CC)S(=O)(=O)c1ccc(C(=O)NC(C)c2cc(OC)c(OC)c(OC)c2)cc1. The average Bonchev–Trinajstić information content (AvgIpc) is 2.78. The molecular weight excluding hydrogens is 420 g/mol. The van der Waals surface area contributed by atoms with Crippen molar-refractivity contribution in [3.05, 3.63) is 47.5 Å². The molecule has 1 unspecified atom stereocenters. The van der Waals surface area contributed by atoms with Gasteiger partial charge in [0.15, 0.2) is 11.5 Å². The zero-order valence-electron chi connectivity index (χ0n) is 18.8. The van der Waals surface area contributed by atoms with Gasteiger partial charge in [-0.3, -0.25) is 4.79 Å². The lowest BCUT2D eigenvalue weighted by atomic mass is 10.1. The van der Waals surface area contributed by atoms with Crippen molar-refractivity contribution in [1.29, 1.82) is 0 Å². The van der Waals surface area contributed by atoms with Gasteiger partial charge in [0.2, 0.25) is 15.8 Å². The van der Waals surface area contributed by atoms with E-state index in [4.69, 9.17) is 14.2 Å². The van der Waals surface area contributed by atoms with Gasteiger partial charge in [-0.15, -0.1) is 0 Å². The average molecular weight is 451 g/mol. The van der Waals surface area contributed by atoms with E-state index in [2.05, 4.69) is 5.32 Å². The zero-order chi connectivity index (χ0) is 23.2. The van der Waals surface area contributed by atoms with Crippen LogP contribution in [-0.2, 0) is 10.0 Å². The van der Waals surface area contributed by atoms with E-state index >= 15 is 0 Å². The summed E-state index contributed by atoms with van der Waals surface area (Å²) in [6.45, 7) is 6.17. The van der Waals surface area contributed by atoms with E-state index in [1.807, 2.05) is 6.92 Å². The summed E-state index contributed by atoms with van der Waals surface area (Å²) in [5.41, 5.74) is 1.13. The van der Waals surface area contributed by atoms with Crippen LogP contribution in [0.4, 0.5) is 0 Å². The van der Waals surface area contributed by atoms with Crippen molar-refractivity contribution in [2.24, 2.45) is 0 Å². The third-order valence-corrected chi connectivity index (χ3v) is 7.06. The van der Waals surface area contributed by atoms with Crippen LogP contribution in [0.1, 0.15) is 42.7 Å². The minimum absolute atomic E-state index is 0.158. The predicted molar refractivity (Wildman–Crippen MR) is 119 cm³/mol. The fourth-order valence-electron chi connectivity index (χ4n) is 3.21. The Morgan fingerprint density at radius 2 is 1.48 bits per heavy atom. The van der Waals surface area contributed by atoms with Gasteiger partial charge in [0, 0.05) is 18.7 Å². The Labute approximate surface area is 184 Å². The molecule has 170 valence electrons. The van der Waals surface area contributed by atoms with E-state index in [-0.39, 0.29) is 16.8 Å². The Kier molecular flexibility index (Phi) is 8.29. The van der Waals surface area contributed by atoms with Crippen LogP contribution < -0.4 is 19.5 Å². The summed E-state index contributed by atoms with van der Waals surface area (Å²) in [5.74, 6) is 1.12. The van der Waals surface area contributed by atoms with Crippen molar-refractivity contribution in [3.63, 3.8) is 0 Å². The number of carbonyl (C=O) groups is 1. The standard InChI is InChI=1S/C22H30N2O6S/c1-7-24(8-2)31(26,27)18-11-9-16(10-12-18)22(25)23-15(3)17-13-19(28-4)21(30-6)20(14-17)29-5/h9-15H,7-8H2,1-6H3,(H,23,25). The van der Waals surface area contributed by atoms with E-state index in [0.29, 0.717) is 35.9 Å². The monoisotopic (exact) mass is 450 g/mol. The van der Waals surface area contributed by atoms with Crippen molar-refractivity contribution >= 4 is 15.9 Å². The molecular formula is C22H30N2O6S. The molecule has 9 heteroatoms. The highest BCUT2D eigenvalue weighted by atomic mass is 32.2. The second kappa shape index (κ2) is 10.5. The van der Waals surface area contributed by atoms with Gasteiger partial charge >= 0.3 is 0 Å². The number of nitrogens with one attached hydrogen (secondary N) is 1. The molecule has 0 bridgehead atoms. The largest absolute Gasteiger partial charge is 0.493 e. The first kappa shape index (κ1) is 24.5. The van der Waals surface area contributed by atoms with Gasteiger partial charge in [-0.25, -0.2) is 8.42 Å². The highest BCUT2D eigenvalue weighted by Crippen LogP contribution is 2.39. The van der Waals surface area contributed by atoms with Crippen molar-refractivity contribution in [2.45, 2.75) is 31.7 Å². The molecule has 0 heterocycles. The first-order valence-corrected chi connectivity index (χ1v) is 11.4. The number of hydrogen-bond acceptors (Lipinski definition) is 6. The molecule has 1 N–H and O–H groups in total. The summed E-state index contributed by atoms with van der Waals surface area (Å²) >= 11 is 0. The van der Waals surface area contributed by atoms with Gasteiger partial charge in [0.25, 0.3) is 5.91 Å². The van der Waals surface area contributed by atoms with E-state index < -0.39 is 10.0 Å². The van der Waals surface area contributed by atoms with Gasteiger partial charge in [-0.1, -0.05) is 13.8 Å². The predicted octanol–water partition coefficient (Wildman–Crippen LogP) is 3.23. The summed E-state index contributed by atoms with van der Waals surface area (Å²) in [6.07, 6.45) is 0. The second-order valence-corrected chi connectivity index (χ2v) is 8.71. The third kappa shape index (κ3) is 5.29. The van der Waals surface area contributed by atoms with Crippen LogP contribution in [-0.4, -0.2) is 53.0 Å². The minimum atomic E-state index is -3.57. The van der Waals surface area contributed by atoms with Crippen LogP contribution in [0.25, 0.3) is 0 Å². The van der Waals surface area contributed by atoms with E-state index in [0.717, 1.165) is 5.56 Å². The smallest absolute Gasteiger partial charge is 0.251 e. The normalized spacial score (nSPS) is 12.4. The Morgan fingerprint density at radius 3 is 1.90 bits per heavy atom. The first-order chi connectivity index (χ1) is 14.7. The molecule has 2 aromatic rings. The maximum atomic E-state index is 12.7. The molecule has 0 saturated carbocycles. The molecule has 1 atom stereocenters. The number of benzene rings is 2. The van der Waals surface area contributed by atoms with Crippen LogP contribution in [0.15, 0.2) is 41.3 Å². The summed E-state index contributed by atoms with van der Waals surface area (Å²) in [5, 5.41) is 2.91. The van der Waals surface area contributed by atoms with Gasteiger partial charge in [-0.05, 0) is 48.9 Å². The van der Waals surface area contributed by atoms with Gasteiger partial charge in [-0.2, -0.15) is 4.31 Å². The number of rotatable bonds is 10. The third-order valence-electron chi connectivity index (χ3n) is 4.99. The van der Waals surface area contributed by atoms with Crippen LogP contribution in [0.3, 0.4) is 0 Å². The lowest BCUT2D eigenvalue weighted by molar-refractivity contribution is 0.0939. The quantitative estimate of drug-likeness (QED) is 0.597. The molecule has 31 heavy (non-hydrogen) atoms. The summed E-state index contributed by atoms with van der Waals surface area (Å²) in [4.78, 5) is 12.9. The molecule has 0 spiro atoms. The Hall–Kier alpha value is -2.78. The molecule has 2 aromatic carbocycles. The number of methoxy groups -OCH3 is 3. The Balaban J connectivity index is 2.22. The van der Waals surface area contributed by atoms with Crippen molar-refractivity contribution in [3.8, 4) is 17.2 Å². The minimum Gasteiger partial charge on any atom is -0.493 e. The number of hydrogen-bond donors (Lipinski definition) is 1. The molecule has 0 radical (unpaired) electrons. The number of amides is 1. The lowest BCUT2D eigenvalue weighted by Gasteiger charge is -2.19. The first-order valence-electron chi connectivity index (χ1n) is 9.94. The van der Waals surface area contributed by atoms with Gasteiger partial charge < -0.3 is 19.5 Å². The topological polar surface area (TPSA) is 94.2 Å². The van der Waals surface area contributed by atoms with Crippen molar-refractivity contribution in [1.82, 2.24) is 9.62 Å². The number of nitrogens with zero attached hydrogens (tertiary/aromatic N) is 1. The van der Waals surface area contributed by atoms with Gasteiger partial charge in [0.1, 0.15) is 0 Å². The van der Waals surface area contributed by atoms with E-state index in [9.17, 15) is 13.2 Å².